The summed E-state index contributed by atoms with van der Waals surface area (Å²) in [5.74, 6) is 3.34. The van der Waals surface area contributed by atoms with Gasteiger partial charge in [-0.05, 0) is 23.8 Å². The van der Waals surface area contributed by atoms with Gasteiger partial charge in [-0.3, -0.25) is 9.69 Å². The Hall–Kier alpha value is -2.58. The lowest BCUT2D eigenvalue weighted by molar-refractivity contribution is 0.0589. The Labute approximate surface area is 186 Å². The highest BCUT2D eigenvalue weighted by Crippen LogP contribution is 2.22. The summed E-state index contributed by atoms with van der Waals surface area (Å²) < 4.78 is 7.91. The number of nitrogens with zero attached hydrogens (tertiary/aromatic N) is 5. The quantitative estimate of drug-likeness (QED) is 0.612. The van der Waals surface area contributed by atoms with Crippen molar-refractivity contribution in [3.05, 3.63) is 60.0 Å². The SMILES string of the molecule is O=C(c1cc2ncccn2n1)N1CCC(Oc2cccc(CN3CCSCC3)c2)CC1. The molecule has 2 aromatic heterocycles. The van der Waals surface area contributed by atoms with Crippen molar-refractivity contribution in [2.24, 2.45) is 0 Å². The Morgan fingerprint density at radius 1 is 1.10 bits per heavy atom. The van der Waals surface area contributed by atoms with E-state index in [1.165, 1.54) is 17.1 Å². The van der Waals surface area contributed by atoms with Gasteiger partial charge in [0.1, 0.15) is 11.9 Å². The van der Waals surface area contributed by atoms with Crippen molar-refractivity contribution in [1.29, 1.82) is 0 Å². The summed E-state index contributed by atoms with van der Waals surface area (Å²) in [6.45, 7) is 4.65. The maximum atomic E-state index is 12.8. The molecule has 0 atom stereocenters. The molecule has 0 N–H and O–H groups in total. The molecule has 8 heteroatoms. The van der Waals surface area contributed by atoms with Crippen molar-refractivity contribution >= 4 is 23.3 Å². The third kappa shape index (κ3) is 4.85. The van der Waals surface area contributed by atoms with Gasteiger partial charge in [0.15, 0.2) is 11.3 Å². The number of ether oxygens (including phenoxy) is 1. The van der Waals surface area contributed by atoms with Gasteiger partial charge in [0, 0.05) is 75.5 Å². The van der Waals surface area contributed by atoms with Gasteiger partial charge in [-0.1, -0.05) is 12.1 Å². The molecule has 1 aromatic carbocycles. The van der Waals surface area contributed by atoms with Crippen LogP contribution in [-0.4, -0.2) is 74.1 Å². The number of likely N-dealkylation sites (tertiary alicyclic amines) is 1. The first-order valence-corrected chi connectivity index (χ1v) is 12.1. The zero-order valence-electron chi connectivity index (χ0n) is 17.5. The minimum absolute atomic E-state index is 0.0364. The van der Waals surface area contributed by atoms with Crippen LogP contribution in [0.2, 0.25) is 0 Å². The standard InChI is InChI=1S/C23H27N5O2S/c29-23(21-16-22-24-7-2-8-28(22)25-21)27-9-5-19(6-10-27)30-20-4-1-3-18(15-20)17-26-11-13-31-14-12-26/h1-4,7-8,15-16,19H,5-6,9-14,17H2. The zero-order chi connectivity index (χ0) is 21.0. The molecule has 4 heterocycles. The van der Waals surface area contributed by atoms with E-state index in [1.54, 1.807) is 29.0 Å². The van der Waals surface area contributed by atoms with Crippen LogP contribution in [0.15, 0.2) is 48.8 Å². The molecule has 162 valence electrons. The average molecular weight is 438 g/mol. The zero-order valence-corrected chi connectivity index (χ0v) is 18.3. The Morgan fingerprint density at radius 2 is 1.94 bits per heavy atom. The first-order chi connectivity index (χ1) is 15.2. The predicted molar refractivity (Wildman–Crippen MR) is 122 cm³/mol. The monoisotopic (exact) mass is 437 g/mol. The molecule has 2 saturated heterocycles. The van der Waals surface area contributed by atoms with Crippen LogP contribution >= 0.6 is 11.8 Å². The van der Waals surface area contributed by atoms with Crippen LogP contribution in [0.1, 0.15) is 28.9 Å². The summed E-state index contributed by atoms with van der Waals surface area (Å²) in [7, 11) is 0. The van der Waals surface area contributed by atoms with Crippen LogP contribution in [0.5, 0.6) is 5.75 Å². The van der Waals surface area contributed by atoms with Crippen molar-refractivity contribution < 1.29 is 9.53 Å². The van der Waals surface area contributed by atoms with Crippen molar-refractivity contribution in [3.8, 4) is 5.75 Å². The summed E-state index contributed by atoms with van der Waals surface area (Å²) in [5, 5.41) is 4.36. The van der Waals surface area contributed by atoms with Crippen molar-refractivity contribution in [1.82, 2.24) is 24.4 Å². The summed E-state index contributed by atoms with van der Waals surface area (Å²) in [4.78, 5) is 21.5. The first kappa shape index (κ1) is 20.3. The van der Waals surface area contributed by atoms with Crippen LogP contribution in [0.3, 0.4) is 0 Å². The van der Waals surface area contributed by atoms with Crippen LogP contribution in [0, 0.1) is 0 Å². The molecule has 2 fully saturated rings. The van der Waals surface area contributed by atoms with Crippen LogP contribution in [0.25, 0.3) is 5.65 Å². The molecule has 0 bridgehead atoms. The van der Waals surface area contributed by atoms with Crippen molar-refractivity contribution in [2.75, 3.05) is 37.7 Å². The molecule has 5 rings (SSSR count). The molecule has 3 aromatic rings. The number of fused-ring (bicyclic) bond motifs is 1. The number of thioether (sulfide) groups is 1. The second kappa shape index (κ2) is 9.28. The first-order valence-electron chi connectivity index (χ1n) is 10.9. The van der Waals surface area contributed by atoms with E-state index < -0.39 is 0 Å². The highest BCUT2D eigenvalue weighted by molar-refractivity contribution is 7.99. The van der Waals surface area contributed by atoms with Gasteiger partial charge in [0.2, 0.25) is 0 Å². The fourth-order valence-electron chi connectivity index (χ4n) is 4.20. The van der Waals surface area contributed by atoms with E-state index in [1.807, 2.05) is 22.7 Å². The summed E-state index contributed by atoms with van der Waals surface area (Å²) in [6.07, 6.45) is 5.29. The smallest absolute Gasteiger partial charge is 0.274 e. The van der Waals surface area contributed by atoms with Crippen molar-refractivity contribution in [2.45, 2.75) is 25.5 Å². The van der Waals surface area contributed by atoms with E-state index in [0.29, 0.717) is 24.4 Å². The Balaban J connectivity index is 1.15. The number of hydrogen-bond donors (Lipinski definition) is 0. The van der Waals surface area contributed by atoms with Gasteiger partial charge in [0.25, 0.3) is 5.91 Å². The molecule has 2 aliphatic heterocycles. The highest BCUT2D eigenvalue weighted by Gasteiger charge is 2.26. The van der Waals surface area contributed by atoms with E-state index in [0.717, 1.165) is 38.2 Å². The minimum Gasteiger partial charge on any atom is -0.490 e. The van der Waals surface area contributed by atoms with Gasteiger partial charge in [0.05, 0.1) is 0 Å². The van der Waals surface area contributed by atoms with Gasteiger partial charge in [-0.15, -0.1) is 0 Å². The van der Waals surface area contributed by atoms with Crippen LogP contribution in [0.4, 0.5) is 0 Å². The lowest BCUT2D eigenvalue weighted by Gasteiger charge is -2.32. The largest absolute Gasteiger partial charge is 0.490 e. The molecule has 7 nitrogen and oxygen atoms in total. The Bertz CT molecular complexity index is 1010. The average Bonchev–Trinajstić information content (AvgIpc) is 3.24. The van der Waals surface area contributed by atoms with E-state index >= 15 is 0 Å². The predicted octanol–water partition coefficient (Wildman–Crippen LogP) is 2.96. The molecular formula is C23H27N5O2S. The molecule has 0 radical (unpaired) electrons. The Morgan fingerprint density at radius 3 is 2.74 bits per heavy atom. The maximum absolute atomic E-state index is 12.8. The number of aromatic nitrogens is 3. The fraction of sp³-hybridized carbons (Fsp3) is 0.435. The summed E-state index contributed by atoms with van der Waals surface area (Å²) in [6, 6.07) is 12.0. The number of benzene rings is 1. The second-order valence-corrected chi connectivity index (χ2v) is 9.32. The van der Waals surface area contributed by atoms with Crippen molar-refractivity contribution in [3.63, 3.8) is 0 Å². The molecule has 0 unspecified atom stereocenters. The minimum atomic E-state index is -0.0364. The third-order valence-corrected chi connectivity index (χ3v) is 6.84. The fourth-order valence-corrected chi connectivity index (χ4v) is 5.18. The van der Waals surface area contributed by atoms with Gasteiger partial charge in [-0.2, -0.15) is 16.9 Å². The second-order valence-electron chi connectivity index (χ2n) is 8.10. The molecule has 0 aliphatic carbocycles. The number of piperidine rings is 1. The number of rotatable bonds is 5. The van der Waals surface area contributed by atoms with Gasteiger partial charge >= 0.3 is 0 Å². The van der Waals surface area contributed by atoms with E-state index in [4.69, 9.17) is 4.74 Å². The maximum Gasteiger partial charge on any atom is 0.274 e. The number of hydrogen-bond acceptors (Lipinski definition) is 6. The van der Waals surface area contributed by atoms with E-state index in [9.17, 15) is 4.79 Å². The van der Waals surface area contributed by atoms with E-state index in [2.05, 4.69) is 33.2 Å². The topological polar surface area (TPSA) is 63.0 Å². The molecule has 1 amide bonds. The lowest BCUT2D eigenvalue weighted by Crippen LogP contribution is -2.42. The molecule has 31 heavy (non-hydrogen) atoms. The van der Waals surface area contributed by atoms with Crippen LogP contribution < -0.4 is 4.74 Å². The number of carbonyl (C=O) groups excluding carboxylic acids is 1. The van der Waals surface area contributed by atoms with Crippen LogP contribution in [-0.2, 0) is 6.54 Å². The molecule has 0 spiro atoms. The Kier molecular flexibility index (Phi) is 6.08. The summed E-state index contributed by atoms with van der Waals surface area (Å²) in [5.41, 5.74) is 2.44. The number of amides is 1. The number of carbonyl (C=O) groups is 1. The molecule has 2 aliphatic rings. The molecule has 0 saturated carbocycles. The van der Waals surface area contributed by atoms with E-state index in [-0.39, 0.29) is 12.0 Å². The van der Waals surface area contributed by atoms with Gasteiger partial charge in [-0.25, -0.2) is 9.50 Å². The van der Waals surface area contributed by atoms with Gasteiger partial charge < -0.3 is 9.64 Å². The summed E-state index contributed by atoms with van der Waals surface area (Å²) >= 11 is 2.03. The molecular weight excluding hydrogens is 410 g/mol. The highest BCUT2D eigenvalue weighted by atomic mass is 32.2. The normalized spacial score (nSPS) is 18.4. The lowest BCUT2D eigenvalue weighted by atomic mass is 10.1. The third-order valence-electron chi connectivity index (χ3n) is 5.90.